The SMILES string of the molecule is COc1ccc(N2CCN(Cc3nc(-c4cccc(C)c4)n(Cc4ccc(Cl)cc4Cl)n3)CC2)cc1. The maximum absolute atomic E-state index is 6.48. The molecule has 3 aromatic carbocycles. The smallest absolute Gasteiger partial charge is 0.165 e. The van der Waals surface area contributed by atoms with Gasteiger partial charge in [-0.1, -0.05) is 53.0 Å². The number of methoxy groups -OCH3 is 1. The summed E-state index contributed by atoms with van der Waals surface area (Å²) in [5, 5.41) is 6.16. The van der Waals surface area contributed by atoms with Crippen molar-refractivity contribution in [1.29, 1.82) is 0 Å². The van der Waals surface area contributed by atoms with Gasteiger partial charge in [-0.25, -0.2) is 9.67 Å². The summed E-state index contributed by atoms with van der Waals surface area (Å²) < 4.78 is 7.23. The Morgan fingerprint density at radius 2 is 1.67 bits per heavy atom. The molecule has 5 rings (SSSR count). The molecule has 4 aromatic rings. The molecular weight excluding hydrogens is 493 g/mol. The van der Waals surface area contributed by atoms with Gasteiger partial charge in [-0.15, -0.1) is 0 Å². The van der Waals surface area contributed by atoms with Gasteiger partial charge in [0.25, 0.3) is 0 Å². The summed E-state index contributed by atoms with van der Waals surface area (Å²) in [6, 6.07) is 22.2. The Morgan fingerprint density at radius 3 is 2.36 bits per heavy atom. The summed E-state index contributed by atoms with van der Waals surface area (Å²) >= 11 is 12.6. The van der Waals surface area contributed by atoms with Gasteiger partial charge in [0.2, 0.25) is 0 Å². The highest BCUT2D eigenvalue weighted by Gasteiger charge is 2.21. The minimum Gasteiger partial charge on any atom is -0.497 e. The van der Waals surface area contributed by atoms with Gasteiger partial charge >= 0.3 is 0 Å². The van der Waals surface area contributed by atoms with Crippen LogP contribution in [0, 0.1) is 6.92 Å². The van der Waals surface area contributed by atoms with Crippen LogP contribution in [-0.4, -0.2) is 53.0 Å². The summed E-state index contributed by atoms with van der Waals surface area (Å²) in [6.07, 6.45) is 0. The number of aromatic nitrogens is 3. The number of piperazine rings is 1. The van der Waals surface area contributed by atoms with Gasteiger partial charge in [0.15, 0.2) is 11.6 Å². The molecule has 0 aliphatic carbocycles. The van der Waals surface area contributed by atoms with Crippen LogP contribution in [0.1, 0.15) is 17.0 Å². The number of aryl methyl sites for hydroxylation is 1. The molecule has 0 spiro atoms. The molecule has 0 unspecified atom stereocenters. The third-order valence-corrected chi connectivity index (χ3v) is 7.09. The van der Waals surface area contributed by atoms with Gasteiger partial charge in [0, 0.05) is 47.5 Å². The molecule has 1 fully saturated rings. The number of hydrogen-bond donors (Lipinski definition) is 0. The number of anilines is 1. The Morgan fingerprint density at radius 1 is 0.889 bits per heavy atom. The van der Waals surface area contributed by atoms with Crippen molar-refractivity contribution < 1.29 is 4.74 Å². The van der Waals surface area contributed by atoms with Gasteiger partial charge in [-0.3, -0.25) is 4.90 Å². The number of hydrogen-bond acceptors (Lipinski definition) is 5. The molecule has 1 aromatic heterocycles. The van der Waals surface area contributed by atoms with E-state index in [0.717, 1.165) is 54.7 Å². The van der Waals surface area contributed by atoms with E-state index in [4.69, 9.17) is 38.0 Å². The molecule has 6 nitrogen and oxygen atoms in total. The van der Waals surface area contributed by atoms with Crippen LogP contribution in [0.3, 0.4) is 0 Å². The van der Waals surface area contributed by atoms with Crippen molar-refractivity contribution in [1.82, 2.24) is 19.7 Å². The van der Waals surface area contributed by atoms with Crippen LogP contribution in [0.4, 0.5) is 5.69 Å². The standard InChI is InChI=1S/C28H29Cl2N5O/c1-20-4-3-5-21(16-20)28-31-27(32-35(28)18-22-6-7-23(29)17-26(22)30)19-33-12-14-34(15-13-33)24-8-10-25(36-2)11-9-24/h3-11,16-17H,12-15,18-19H2,1-2H3. The quantitative estimate of drug-likeness (QED) is 0.301. The Hall–Kier alpha value is -3.06. The minimum atomic E-state index is 0.525. The number of halogens is 2. The Balaban J connectivity index is 1.33. The molecule has 1 saturated heterocycles. The van der Waals surface area contributed by atoms with Gasteiger partial charge < -0.3 is 9.64 Å². The number of benzene rings is 3. The zero-order valence-electron chi connectivity index (χ0n) is 20.5. The van der Waals surface area contributed by atoms with Gasteiger partial charge in [-0.2, -0.15) is 5.10 Å². The number of nitrogens with zero attached hydrogens (tertiary/aromatic N) is 5. The average Bonchev–Trinajstić information content (AvgIpc) is 3.28. The largest absolute Gasteiger partial charge is 0.497 e. The predicted octanol–water partition coefficient (Wildman–Crippen LogP) is 5.94. The monoisotopic (exact) mass is 521 g/mol. The van der Waals surface area contributed by atoms with Crippen molar-refractivity contribution in [3.63, 3.8) is 0 Å². The topological polar surface area (TPSA) is 46.4 Å². The molecule has 0 N–H and O–H groups in total. The first kappa shape index (κ1) is 24.6. The van der Waals surface area contributed by atoms with E-state index in [9.17, 15) is 0 Å². The van der Waals surface area contributed by atoms with Crippen molar-refractivity contribution in [2.24, 2.45) is 0 Å². The summed E-state index contributed by atoms with van der Waals surface area (Å²) in [5.74, 6) is 2.54. The second-order valence-electron chi connectivity index (χ2n) is 9.08. The molecule has 1 aliphatic heterocycles. The predicted molar refractivity (Wildman–Crippen MR) is 146 cm³/mol. The molecular formula is C28H29Cl2N5O. The normalized spacial score (nSPS) is 14.3. The Kier molecular flexibility index (Phi) is 7.46. The Labute approximate surface area is 222 Å². The molecule has 2 heterocycles. The number of rotatable bonds is 7. The number of ether oxygens (including phenoxy) is 1. The second-order valence-corrected chi connectivity index (χ2v) is 9.92. The molecule has 36 heavy (non-hydrogen) atoms. The highest BCUT2D eigenvalue weighted by atomic mass is 35.5. The van der Waals surface area contributed by atoms with Crippen molar-refractivity contribution in [2.75, 3.05) is 38.2 Å². The van der Waals surface area contributed by atoms with Gasteiger partial charge in [-0.05, 0) is 55.0 Å². The van der Waals surface area contributed by atoms with E-state index < -0.39 is 0 Å². The van der Waals surface area contributed by atoms with E-state index in [1.165, 1.54) is 11.3 Å². The maximum Gasteiger partial charge on any atom is 0.165 e. The molecule has 1 aliphatic rings. The first-order valence-corrected chi connectivity index (χ1v) is 12.8. The van der Waals surface area contributed by atoms with Crippen LogP contribution in [-0.2, 0) is 13.1 Å². The first-order valence-electron chi connectivity index (χ1n) is 12.0. The fourth-order valence-electron chi connectivity index (χ4n) is 4.53. The molecule has 0 atom stereocenters. The van der Waals surface area contributed by atoms with Crippen LogP contribution in [0.5, 0.6) is 5.75 Å². The van der Waals surface area contributed by atoms with Crippen LogP contribution < -0.4 is 9.64 Å². The van der Waals surface area contributed by atoms with Crippen molar-refractivity contribution >= 4 is 28.9 Å². The van der Waals surface area contributed by atoms with Crippen LogP contribution >= 0.6 is 23.2 Å². The highest BCUT2D eigenvalue weighted by molar-refractivity contribution is 6.35. The summed E-state index contributed by atoms with van der Waals surface area (Å²) in [4.78, 5) is 9.79. The zero-order chi connectivity index (χ0) is 25.1. The minimum absolute atomic E-state index is 0.525. The van der Waals surface area contributed by atoms with E-state index in [0.29, 0.717) is 23.1 Å². The van der Waals surface area contributed by atoms with E-state index in [1.807, 2.05) is 28.9 Å². The van der Waals surface area contributed by atoms with E-state index in [2.05, 4.69) is 53.1 Å². The molecule has 0 bridgehead atoms. The van der Waals surface area contributed by atoms with E-state index >= 15 is 0 Å². The Bertz CT molecular complexity index is 1330. The maximum atomic E-state index is 6.48. The molecule has 8 heteroatoms. The molecule has 0 amide bonds. The molecule has 0 radical (unpaired) electrons. The van der Waals surface area contributed by atoms with Crippen LogP contribution in [0.2, 0.25) is 10.0 Å². The third kappa shape index (κ3) is 5.67. The summed E-state index contributed by atoms with van der Waals surface area (Å²) in [5.41, 5.74) is 4.41. The van der Waals surface area contributed by atoms with Crippen LogP contribution in [0.25, 0.3) is 11.4 Å². The van der Waals surface area contributed by atoms with Crippen LogP contribution in [0.15, 0.2) is 66.7 Å². The summed E-state index contributed by atoms with van der Waals surface area (Å²) in [6.45, 7) is 7.13. The van der Waals surface area contributed by atoms with E-state index in [1.54, 1.807) is 13.2 Å². The lowest BCUT2D eigenvalue weighted by Crippen LogP contribution is -2.46. The lowest BCUT2D eigenvalue weighted by Gasteiger charge is -2.35. The second kappa shape index (κ2) is 10.9. The van der Waals surface area contributed by atoms with Crippen molar-refractivity contribution in [3.05, 3.63) is 93.7 Å². The highest BCUT2D eigenvalue weighted by Crippen LogP contribution is 2.26. The fourth-order valence-corrected chi connectivity index (χ4v) is 5.00. The molecule has 0 saturated carbocycles. The van der Waals surface area contributed by atoms with Crippen molar-refractivity contribution in [2.45, 2.75) is 20.0 Å². The first-order chi connectivity index (χ1) is 17.5. The lowest BCUT2D eigenvalue weighted by atomic mass is 10.1. The van der Waals surface area contributed by atoms with E-state index in [-0.39, 0.29) is 0 Å². The zero-order valence-corrected chi connectivity index (χ0v) is 22.0. The van der Waals surface area contributed by atoms with Gasteiger partial charge in [0.1, 0.15) is 5.75 Å². The lowest BCUT2D eigenvalue weighted by molar-refractivity contribution is 0.244. The summed E-state index contributed by atoms with van der Waals surface area (Å²) in [7, 11) is 1.69. The van der Waals surface area contributed by atoms with Gasteiger partial charge in [0.05, 0.1) is 20.2 Å². The third-order valence-electron chi connectivity index (χ3n) is 6.50. The fraction of sp³-hybridized carbons (Fsp3) is 0.286. The average molecular weight is 522 g/mol. The molecule has 186 valence electrons. The van der Waals surface area contributed by atoms with Crippen molar-refractivity contribution in [3.8, 4) is 17.1 Å².